The second kappa shape index (κ2) is 5.76. The average Bonchev–Trinajstić information content (AvgIpc) is 2.61. The van der Waals surface area contributed by atoms with Crippen molar-refractivity contribution in [1.82, 2.24) is 4.98 Å². The summed E-state index contributed by atoms with van der Waals surface area (Å²) in [4.78, 5) is 4.34. The largest absolute Gasteiger partial charge is 0.438 e. The number of rotatable bonds is 1. The Morgan fingerprint density at radius 2 is 2.04 bits per heavy atom. The first kappa shape index (κ1) is 15.4. The molecule has 6 heteroatoms. The Bertz CT molecular complexity index is 1070. The number of nitrogens with zero attached hydrogens (tertiary/aromatic N) is 2. The van der Waals surface area contributed by atoms with Crippen LogP contribution in [0.5, 0.6) is 5.75 Å². The van der Waals surface area contributed by atoms with E-state index in [4.69, 9.17) is 22.1 Å². The molecular weight excluding hydrogens is 341 g/mol. The average molecular weight is 352 g/mol. The van der Waals surface area contributed by atoms with E-state index in [1.165, 1.54) is 12.1 Å². The van der Waals surface area contributed by atoms with Crippen LogP contribution in [0.15, 0.2) is 60.1 Å². The van der Waals surface area contributed by atoms with Gasteiger partial charge in [0.2, 0.25) is 5.88 Å². The van der Waals surface area contributed by atoms with Crippen molar-refractivity contribution in [2.75, 3.05) is 0 Å². The van der Waals surface area contributed by atoms with Gasteiger partial charge in [-0.05, 0) is 18.2 Å². The summed E-state index contributed by atoms with van der Waals surface area (Å²) in [6.45, 7) is 0. The highest BCUT2D eigenvalue weighted by molar-refractivity contribution is 6.31. The Morgan fingerprint density at radius 3 is 2.80 bits per heavy atom. The standard InChI is InChI=1S/C19H11ClFN3O/c20-13-4-1-5-14(21)16(13)15-11-7-6-10-3-2-8-24-17(10)18(11)25-19(23)12(15)9-22/h1-8,15H,23H2/t15-/m1/s1. The number of hydrogen-bond acceptors (Lipinski definition) is 4. The fourth-order valence-electron chi connectivity index (χ4n) is 3.14. The fraction of sp³-hybridized carbons (Fsp3) is 0.0526. The molecule has 1 atom stereocenters. The molecule has 0 bridgehead atoms. The van der Waals surface area contributed by atoms with Crippen molar-refractivity contribution in [3.8, 4) is 11.8 Å². The molecule has 1 aromatic heterocycles. The van der Waals surface area contributed by atoms with E-state index in [0.29, 0.717) is 16.8 Å². The third-order valence-corrected chi connectivity index (χ3v) is 4.57. The van der Waals surface area contributed by atoms with Crippen molar-refractivity contribution >= 4 is 22.5 Å². The summed E-state index contributed by atoms with van der Waals surface area (Å²) in [5.41, 5.74) is 7.48. The molecule has 25 heavy (non-hydrogen) atoms. The highest BCUT2D eigenvalue weighted by atomic mass is 35.5. The molecule has 1 aliphatic rings. The summed E-state index contributed by atoms with van der Waals surface area (Å²) in [5, 5.41) is 10.6. The first-order valence-corrected chi connectivity index (χ1v) is 7.88. The van der Waals surface area contributed by atoms with Crippen LogP contribution in [0.2, 0.25) is 5.02 Å². The molecule has 2 aromatic carbocycles. The minimum atomic E-state index is -0.756. The lowest BCUT2D eigenvalue weighted by atomic mass is 9.82. The zero-order chi connectivity index (χ0) is 17.6. The molecule has 122 valence electrons. The van der Waals surface area contributed by atoms with E-state index in [-0.39, 0.29) is 22.0 Å². The zero-order valence-electron chi connectivity index (χ0n) is 12.8. The van der Waals surface area contributed by atoms with Crippen LogP contribution in [0, 0.1) is 17.1 Å². The van der Waals surface area contributed by atoms with E-state index in [1.807, 2.05) is 24.3 Å². The highest BCUT2D eigenvalue weighted by Gasteiger charge is 2.34. The van der Waals surface area contributed by atoms with E-state index in [9.17, 15) is 9.65 Å². The van der Waals surface area contributed by atoms with Crippen molar-refractivity contribution < 1.29 is 9.13 Å². The Labute approximate surface area is 147 Å². The minimum Gasteiger partial charge on any atom is -0.438 e. The summed E-state index contributed by atoms with van der Waals surface area (Å²) >= 11 is 6.25. The first-order valence-electron chi connectivity index (χ1n) is 7.51. The van der Waals surface area contributed by atoms with Gasteiger partial charge in [0.15, 0.2) is 5.75 Å². The number of ether oxygens (including phenoxy) is 1. The normalized spacial score (nSPS) is 16.3. The van der Waals surface area contributed by atoms with Gasteiger partial charge in [0.1, 0.15) is 23.0 Å². The van der Waals surface area contributed by atoms with Gasteiger partial charge in [-0.25, -0.2) is 4.39 Å². The molecule has 1 aliphatic heterocycles. The molecule has 0 saturated carbocycles. The maximum atomic E-state index is 14.6. The second-order valence-corrected chi connectivity index (χ2v) is 6.03. The molecule has 0 spiro atoms. The molecule has 0 radical (unpaired) electrons. The van der Waals surface area contributed by atoms with Crippen molar-refractivity contribution in [3.63, 3.8) is 0 Å². The number of benzene rings is 2. The molecule has 0 amide bonds. The lowest BCUT2D eigenvalue weighted by molar-refractivity contribution is 0.396. The predicted molar refractivity (Wildman–Crippen MR) is 92.5 cm³/mol. The van der Waals surface area contributed by atoms with Crippen LogP contribution in [-0.2, 0) is 0 Å². The SMILES string of the molecule is N#CC1=C(N)Oc2c(ccc3cccnc23)[C@H]1c1c(F)cccc1Cl. The number of fused-ring (bicyclic) bond motifs is 3. The van der Waals surface area contributed by atoms with Crippen LogP contribution in [0.3, 0.4) is 0 Å². The number of aromatic nitrogens is 1. The lowest BCUT2D eigenvalue weighted by Gasteiger charge is -2.27. The summed E-state index contributed by atoms with van der Waals surface area (Å²) in [5.74, 6) is -0.919. The molecule has 0 fully saturated rings. The highest BCUT2D eigenvalue weighted by Crippen LogP contribution is 2.46. The molecule has 4 nitrogen and oxygen atoms in total. The van der Waals surface area contributed by atoms with Gasteiger partial charge in [-0.3, -0.25) is 4.98 Å². The number of pyridine rings is 1. The maximum Gasteiger partial charge on any atom is 0.205 e. The van der Waals surface area contributed by atoms with Crippen LogP contribution in [0.4, 0.5) is 4.39 Å². The smallest absolute Gasteiger partial charge is 0.205 e. The molecule has 2 N–H and O–H groups in total. The van der Waals surface area contributed by atoms with Gasteiger partial charge in [-0.15, -0.1) is 0 Å². The first-order chi connectivity index (χ1) is 12.1. The Balaban J connectivity index is 2.07. The summed E-state index contributed by atoms with van der Waals surface area (Å²) < 4.78 is 20.3. The molecule has 2 heterocycles. The maximum absolute atomic E-state index is 14.6. The van der Waals surface area contributed by atoms with Crippen molar-refractivity contribution in [2.45, 2.75) is 5.92 Å². The van der Waals surface area contributed by atoms with Crippen molar-refractivity contribution in [2.24, 2.45) is 5.73 Å². The molecule has 0 saturated heterocycles. The monoisotopic (exact) mass is 351 g/mol. The van der Waals surface area contributed by atoms with Crippen molar-refractivity contribution in [3.05, 3.63) is 82.1 Å². The van der Waals surface area contributed by atoms with E-state index >= 15 is 0 Å². The number of halogens is 2. The minimum absolute atomic E-state index is 0.0718. The third-order valence-electron chi connectivity index (χ3n) is 4.24. The zero-order valence-corrected chi connectivity index (χ0v) is 13.6. The van der Waals surface area contributed by atoms with Gasteiger partial charge in [-0.1, -0.05) is 35.9 Å². The summed E-state index contributed by atoms with van der Waals surface area (Å²) in [6, 6.07) is 13.8. The van der Waals surface area contributed by atoms with Crippen LogP contribution in [0.1, 0.15) is 17.0 Å². The van der Waals surface area contributed by atoms with Gasteiger partial charge >= 0.3 is 0 Å². The van der Waals surface area contributed by atoms with Gasteiger partial charge < -0.3 is 10.5 Å². The van der Waals surface area contributed by atoms with Crippen molar-refractivity contribution in [1.29, 1.82) is 5.26 Å². The predicted octanol–water partition coefficient (Wildman–Crippen LogP) is 4.25. The van der Waals surface area contributed by atoms with Crippen LogP contribution < -0.4 is 10.5 Å². The van der Waals surface area contributed by atoms with Crippen LogP contribution >= 0.6 is 11.6 Å². The number of nitriles is 1. The summed E-state index contributed by atoms with van der Waals surface area (Å²) in [6.07, 6.45) is 1.64. The second-order valence-electron chi connectivity index (χ2n) is 5.62. The van der Waals surface area contributed by atoms with Gasteiger partial charge in [-0.2, -0.15) is 5.26 Å². The summed E-state index contributed by atoms with van der Waals surface area (Å²) in [7, 11) is 0. The van der Waals surface area contributed by atoms with E-state index in [2.05, 4.69) is 4.98 Å². The van der Waals surface area contributed by atoms with E-state index in [1.54, 1.807) is 18.3 Å². The number of hydrogen-bond donors (Lipinski definition) is 1. The Morgan fingerprint density at radius 1 is 1.20 bits per heavy atom. The lowest BCUT2D eigenvalue weighted by Crippen LogP contribution is -2.22. The molecule has 3 aromatic rings. The molecule has 0 unspecified atom stereocenters. The molecule has 4 rings (SSSR count). The van der Waals surface area contributed by atoms with Crippen LogP contribution in [0.25, 0.3) is 10.9 Å². The quantitative estimate of drug-likeness (QED) is 0.711. The Hall–Kier alpha value is -3.10. The molecule has 0 aliphatic carbocycles. The van der Waals surface area contributed by atoms with Gasteiger partial charge in [0, 0.05) is 27.7 Å². The number of allylic oxidation sites excluding steroid dienone is 1. The van der Waals surface area contributed by atoms with Gasteiger partial charge in [0.05, 0.1) is 5.92 Å². The molecular formula is C19H11ClFN3O. The van der Waals surface area contributed by atoms with E-state index < -0.39 is 11.7 Å². The number of nitrogens with two attached hydrogens (primary N) is 1. The fourth-order valence-corrected chi connectivity index (χ4v) is 3.41. The van der Waals surface area contributed by atoms with E-state index in [0.717, 1.165) is 5.39 Å². The van der Waals surface area contributed by atoms with Gasteiger partial charge in [0.25, 0.3) is 0 Å². The third kappa shape index (κ3) is 2.31. The van der Waals surface area contributed by atoms with Crippen LogP contribution in [-0.4, -0.2) is 4.98 Å². The topological polar surface area (TPSA) is 71.9 Å². The Kier molecular flexibility index (Phi) is 3.56.